The number of nitrogens with one attached hydrogen (secondary N) is 2. The number of nitrogens with zero attached hydrogens (tertiary/aromatic N) is 2. The Kier molecular flexibility index (Phi) is 5.50. The highest BCUT2D eigenvalue weighted by Crippen LogP contribution is 2.38. The zero-order chi connectivity index (χ0) is 19.8. The minimum atomic E-state index is -0.623. The zero-order valence-electron chi connectivity index (χ0n) is 14.9. The summed E-state index contributed by atoms with van der Waals surface area (Å²) in [5, 5.41) is 17.5. The standard InChI is InChI=1S/C19H18FIN4O2S/c1-22-14-8-25(9-15(14)26)19(27)16-11-3-2-6-23-17(11)28-18(16)24-13-5-4-10(21)7-12(13)20/h2-7,14-15,22,24,26H,8-9H2,1H3/t14-,15-/m0/s1. The number of hydrogen-bond donors (Lipinski definition) is 3. The number of amides is 1. The highest BCUT2D eigenvalue weighted by Gasteiger charge is 2.35. The number of likely N-dealkylation sites (N-methyl/N-ethyl adjacent to an activating group) is 1. The van der Waals surface area contributed by atoms with E-state index in [1.54, 1.807) is 36.3 Å². The van der Waals surface area contributed by atoms with Gasteiger partial charge in [-0.25, -0.2) is 9.37 Å². The second-order valence-electron chi connectivity index (χ2n) is 6.58. The summed E-state index contributed by atoms with van der Waals surface area (Å²) in [6.45, 7) is 0.657. The van der Waals surface area contributed by atoms with Crippen molar-refractivity contribution in [3.63, 3.8) is 0 Å². The third kappa shape index (κ3) is 3.59. The van der Waals surface area contributed by atoms with Crippen molar-refractivity contribution in [1.82, 2.24) is 15.2 Å². The average molecular weight is 512 g/mol. The molecule has 6 nitrogen and oxygen atoms in total. The number of pyridine rings is 1. The van der Waals surface area contributed by atoms with Gasteiger partial charge in [0, 0.05) is 28.2 Å². The molecule has 0 saturated carbocycles. The fourth-order valence-corrected chi connectivity index (χ4v) is 4.84. The Morgan fingerprint density at radius 1 is 1.39 bits per heavy atom. The molecular weight excluding hydrogens is 494 g/mol. The second-order valence-corrected chi connectivity index (χ2v) is 8.83. The number of fused-ring (bicyclic) bond motifs is 1. The Morgan fingerprint density at radius 2 is 2.21 bits per heavy atom. The van der Waals surface area contributed by atoms with E-state index in [1.807, 2.05) is 28.7 Å². The third-order valence-corrected chi connectivity index (χ3v) is 6.51. The number of β-amino-alcohol motifs (C(OH)–C–C–N with tert-alkyl or cyclic N) is 1. The van der Waals surface area contributed by atoms with Gasteiger partial charge in [-0.1, -0.05) is 11.3 Å². The molecule has 1 aromatic carbocycles. The molecule has 146 valence electrons. The van der Waals surface area contributed by atoms with E-state index in [9.17, 15) is 14.3 Å². The van der Waals surface area contributed by atoms with Gasteiger partial charge in [-0.2, -0.15) is 0 Å². The predicted octanol–water partition coefficient (Wildman–Crippen LogP) is 3.19. The smallest absolute Gasteiger partial charge is 0.257 e. The molecule has 0 aliphatic carbocycles. The van der Waals surface area contributed by atoms with Crippen LogP contribution < -0.4 is 10.6 Å². The Labute approximate surface area is 178 Å². The predicted molar refractivity (Wildman–Crippen MR) is 117 cm³/mol. The molecule has 2 atom stereocenters. The van der Waals surface area contributed by atoms with Crippen LogP contribution in [0.5, 0.6) is 0 Å². The lowest BCUT2D eigenvalue weighted by molar-refractivity contribution is 0.0768. The van der Waals surface area contributed by atoms with Gasteiger partial charge in [0.25, 0.3) is 5.91 Å². The normalized spacial score (nSPS) is 19.4. The number of halogens is 2. The molecule has 4 rings (SSSR count). The highest BCUT2D eigenvalue weighted by atomic mass is 127. The van der Waals surface area contributed by atoms with Crippen LogP contribution in [0.1, 0.15) is 10.4 Å². The topological polar surface area (TPSA) is 77.5 Å². The summed E-state index contributed by atoms with van der Waals surface area (Å²) in [7, 11) is 1.76. The number of carbonyl (C=O) groups excluding carboxylic acids is 1. The van der Waals surface area contributed by atoms with Gasteiger partial charge in [-0.05, 0) is 60.0 Å². The van der Waals surface area contributed by atoms with Crippen LogP contribution in [-0.2, 0) is 0 Å². The van der Waals surface area contributed by atoms with Gasteiger partial charge >= 0.3 is 0 Å². The van der Waals surface area contributed by atoms with Crippen molar-refractivity contribution in [2.45, 2.75) is 12.1 Å². The van der Waals surface area contributed by atoms with Crippen LogP contribution in [-0.4, -0.2) is 53.2 Å². The molecule has 1 saturated heterocycles. The average Bonchev–Trinajstić information content (AvgIpc) is 3.23. The lowest BCUT2D eigenvalue weighted by Crippen LogP contribution is -2.36. The molecule has 0 bridgehead atoms. The number of rotatable bonds is 4. The maximum atomic E-state index is 14.4. The van der Waals surface area contributed by atoms with Gasteiger partial charge in [0.1, 0.15) is 15.6 Å². The Morgan fingerprint density at radius 3 is 2.93 bits per heavy atom. The Balaban J connectivity index is 1.74. The van der Waals surface area contributed by atoms with E-state index >= 15 is 0 Å². The van der Waals surface area contributed by atoms with Gasteiger partial charge in [-0.15, -0.1) is 0 Å². The summed E-state index contributed by atoms with van der Waals surface area (Å²) >= 11 is 3.36. The number of aliphatic hydroxyl groups excluding tert-OH is 1. The van der Waals surface area contributed by atoms with Gasteiger partial charge in [0.15, 0.2) is 0 Å². The zero-order valence-corrected chi connectivity index (χ0v) is 17.9. The van der Waals surface area contributed by atoms with Crippen molar-refractivity contribution < 1.29 is 14.3 Å². The number of likely N-dealkylation sites (tertiary alicyclic amines) is 1. The summed E-state index contributed by atoms with van der Waals surface area (Å²) in [5.74, 6) is -0.591. The first-order valence-electron chi connectivity index (χ1n) is 8.72. The first-order chi connectivity index (χ1) is 13.5. The van der Waals surface area contributed by atoms with Crippen LogP contribution in [0, 0.1) is 9.39 Å². The van der Waals surface area contributed by atoms with Crippen molar-refractivity contribution in [2.24, 2.45) is 0 Å². The van der Waals surface area contributed by atoms with Crippen LogP contribution in [0.2, 0.25) is 0 Å². The number of anilines is 2. The minimum Gasteiger partial charge on any atom is -0.390 e. The molecule has 28 heavy (non-hydrogen) atoms. The third-order valence-electron chi connectivity index (χ3n) is 4.81. The first kappa shape index (κ1) is 19.5. The largest absolute Gasteiger partial charge is 0.390 e. The maximum absolute atomic E-state index is 14.4. The molecule has 0 radical (unpaired) electrons. The van der Waals surface area contributed by atoms with Crippen molar-refractivity contribution >= 4 is 60.7 Å². The van der Waals surface area contributed by atoms with Gasteiger partial charge in [0.05, 0.1) is 23.4 Å². The molecule has 2 aromatic heterocycles. The molecule has 3 N–H and O–H groups in total. The van der Waals surface area contributed by atoms with Crippen LogP contribution >= 0.6 is 33.9 Å². The van der Waals surface area contributed by atoms with Crippen molar-refractivity contribution in [3.8, 4) is 0 Å². The fraction of sp³-hybridized carbons (Fsp3) is 0.263. The highest BCUT2D eigenvalue weighted by molar-refractivity contribution is 14.1. The quantitative estimate of drug-likeness (QED) is 0.469. The van der Waals surface area contributed by atoms with Crippen molar-refractivity contribution in [3.05, 3.63) is 51.5 Å². The van der Waals surface area contributed by atoms with Crippen molar-refractivity contribution in [2.75, 3.05) is 25.5 Å². The van der Waals surface area contributed by atoms with E-state index in [1.165, 1.54) is 17.4 Å². The van der Waals surface area contributed by atoms with E-state index < -0.39 is 6.10 Å². The molecule has 1 aliphatic rings. The molecule has 0 unspecified atom stereocenters. The van der Waals surface area contributed by atoms with Gasteiger partial charge in [-0.3, -0.25) is 4.79 Å². The molecule has 9 heteroatoms. The summed E-state index contributed by atoms with van der Waals surface area (Å²) in [5.41, 5.74) is 0.755. The van der Waals surface area contributed by atoms with E-state index in [0.29, 0.717) is 33.0 Å². The lowest BCUT2D eigenvalue weighted by atomic mass is 10.1. The van der Waals surface area contributed by atoms with E-state index in [2.05, 4.69) is 15.6 Å². The van der Waals surface area contributed by atoms with Gasteiger partial charge in [0.2, 0.25) is 0 Å². The summed E-state index contributed by atoms with van der Waals surface area (Å²) in [6.07, 6.45) is 1.04. The molecule has 1 aliphatic heterocycles. The summed E-state index contributed by atoms with van der Waals surface area (Å²) < 4.78 is 15.1. The van der Waals surface area contributed by atoms with E-state index in [4.69, 9.17) is 0 Å². The van der Waals surface area contributed by atoms with E-state index in [0.717, 1.165) is 3.57 Å². The molecule has 0 spiro atoms. The second kappa shape index (κ2) is 7.90. The Hall–Kier alpha value is -1.82. The molecule has 1 amide bonds. The maximum Gasteiger partial charge on any atom is 0.257 e. The number of benzene rings is 1. The Bertz CT molecular complexity index is 1040. The summed E-state index contributed by atoms with van der Waals surface area (Å²) in [6, 6.07) is 8.33. The lowest BCUT2D eigenvalue weighted by Gasteiger charge is -2.17. The first-order valence-corrected chi connectivity index (χ1v) is 10.6. The number of carbonyl (C=O) groups is 1. The number of aliphatic hydroxyl groups is 1. The van der Waals surface area contributed by atoms with E-state index in [-0.39, 0.29) is 24.3 Å². The van der Waals surface area contributed by atoms with Crippen molar-refractivity contribution in [1.29, 1.82) is 0 Å². The number of thiophene rings is 1. The minimum absolute atomic E-state index is 0.169. The summed E-state index contributed by atoms with van der Waals surface area (Å²) in [4.78, 5) is 20.0. The number of aromatic nitrogens is 1. The molecule has 3 heterocycles. The fourth-order valence-electron chi connectivity index (χ4n) is 3.34. The van der Waals surface area contributed by atoms with Gasteiger partial charge < -0.3 is 20.6 Å². The van der Waals surface area contributed by atoms with Crippen LogP contribution in [0.25, 0.3) is 10.2 Å². The van der Waals surface area contributed by atoms with Crippen LogP contribution in [0.3, 0.4) is 0 Å². The molecule has 1 fully saturated rings. The molecular formula is C19H18FIN4O2S. The number of hydrogen-bond acceptors (Lipinski definition) is 6. The monoisotopic (exact) mass is 512 g/mol. The molecule has 3 aromatic rings. The van der Waals surface area contributed by atoms with Crippen LogP contribution in [0.4, 0.5) is 15.1 Å². The van der Waals surface area contributed by atoms with Crippen LogP contribution in [0.15, 0.2) is 36.5 Å². The SMILES string of the molecule is CN[C@H]1CN(C(=O)c2c(Nc3ccc(I)cc3F)sc3ncccc23)C[C@@H]1O.